The summed E-state index contributed by atoms with van der Waals surface area (Å²) in [6.07, 6.45) is 4.38. The Balaban J connectivity index is 1.25. The van der Waals surface area contributed by atoms with Crippen LogP contribution in [-0.2, 0) is 13.6 Å². The molecule has 8 nitrogen and oxygen atoms in total. The number of fused-ring (bicyclic) bond motifs is 4. The SMILES string of the molecule is COc1cc(C(=O)N2CC3CCC2[C@@H]3N)cc2nc(-c3cc4ccc(-c5cc(O)ccc5F)cc4n3CC3CC3)n(C)c12. The van der Waals surface area contributed by atoms with E-state index in [1.54, 1.807) is 7.11 Å². The second-order valence-electron chi connectivity index (χ2n) is 12.5. The summed E-state index contributed by atoms with van der Waals surface area (Å²) < 4.78 is 24.9. The van der Waals surface area contributed by atoms with Gasteiger partial charge in [0.15, 0.2) is 5.82 Å². The van der Waals surface area contributed by atoms with Crippen molar-refractivity contribution in [1.29, 1.82) is 0 Å². The van der Waals surface area contributed by atoms with Crippen molar-refractivity contribution in [2.75, 3.05) is 13.7 Å². The van der Waals surface area contributed by atoms with E-state index >= 15 is 0 Å². The standard InChI is InChI=1S/C34H34FN5O3/c1-38-32-26(11-22(14-30(32)43-2)34(42)40-17-21-7-10-27(40)31(21)36)37-33(38)29-13-20-6-5-19(24-15-23(41)8-9-25(24)35)12-28(20)39(29)16-18-3-4-18/h5-6,8-9,11-15,18,21,27,31,41H,3-4,7,10,16-17,36H2,1-2H3/t21?,27?,31-/m1/s1. The van der Waals surface area contributed by atoms with Gasteiger partial charge in [0, 0.05) is 54.3 Å². The molecule has 0 radical (unpaired) electrons. The number of nitrogens with two attached hydrogens (primary N) is 1. The number of aryl methyl sites for hydroxylation is 1. The zero-order chi connectivity index (χ0) is 29.6. The van der Waals surface area contributed by atoms with Crippen LogP contribution in [0.5, 0.6) is 11.5 Å². The fraction of sp³-hybridized carbons (Fsp3) is 0.353. The number of likely N-dealkylation sites (tertiary alicyclic amines) is 1. The van der Waals surface area contributed by atoms with Crippen LogP contribution in [0, 0.1) is 17.7 Å². The smallest absolute Gasteiger partial charge is 0.254 e. The minimum Gasteiger partial charge on any atom is -0.508 e. The third kappa shape index (κ3) is 4.12. The van der Waals surface area contributed by atoms with Gasteiger partial charge in [-0.05, 0) is 85.5 Å². The summed E-state index contributed by atoms with van der Waals surface area (Å²) in [5.41, 5.74) is 11.5. The van der Waals surface area contributed by atoms with Gasteiger partial charge >= 0.3 is 0 Å². The molecule has 5 aromatic rings. The fourth-order valence-electron chi connectivity index (χ4n) is 7.36. The van der Waals surface area contributed by atoms with Gasteiger partial charge in [-0.15, -0.1) is 0 Å². The number of hydrogen-bond donors (Lipinski definition) is 2. The van der Waals surface area contributed by atoms with E-state index in [9.17, 15) is 14.3 Å². The van der Waals surface area contributed by atoms with E-state index in [0.717, 1.165) is 47.3 Å². The molecule has 9 heteroatoms. The summed E-state index contributed by atoms with van der Waals surface area (Å²) in [6, 6.07) is 15.9. The summed E-state index contributed by atoms with van der Waals surface area (Å²) in [5, 5.41) is 11.0. The Morgan fingerprint density at radius 3 is 2.65 bits per heavy atom. The molecule has 1 aliphatic heterocycles. The molecule has 2 unspecified atom stereocenters. The van der Waals surface area contributed by atoms with Crippen LogP contribution in [0.25, 0.3) is 44.6 Å². The lowest BCUT2D eigenvalue weighted by Gasteiger charge is -2.27. The first-order valence-electron chi connectivity index (χ1n) is 15.0. The Bertz CT molecular complexity index is 1940. The van der Waals surface area contributed by atoms with E-state index in [1.165, 1.54) is 31.0 Å². The van der Waals surface area contributed by atoms with Crippen LogP contribution in [0.2, 0.25) is 0 Å². The van der Waals surface area contributed by atoms with Crippen molar-refractivity contribution in [2.45, 2.75) is 44.3 Å². The first kappa shape index (κ1) is 26.3. The quantitative estimate of drug-likeness (QED) is 0.270. The van der Waals surface area contributed by atoms with E-state index in [-0.39, 0.29) is 29.6 Å². The molecule has 220 valence electrons. The minimum absolute atomic E-state index is 0.0235. The molecule has 3 aliphatic rings. The van der Waals surface area contributed by atoms with Gasteiger partial charge in [0.05, 0.1) is 18.3 Å². The molecular weight excluding hydrogens is 545 g/mol. The third-order valence-corrected chi connectivity index (χ3v) is 9.85. The Labute approximate surface area is 248 Å². The van der Waals surface area contributed by atoms with Gasteiger partial charge in [-0.25, -0.2) is 9.37 Å². The zero-order valence-electron chi connectivity index (χ0n) is 24.3. The van der Waals surface area contributed by atoms with Gasteiger partial charge in [0.2, 0.25) is 0 Å². The van der Waals surface area contributed by atoms with Crippen molar-refractivity contribution in [1.82, 2.24) is 19.0 Å². The van der Waals surface area contributed by atoms with Crippen molar-refractivity contribution in [2.24, 2.45) is 24.6 Å². The van der Waals surface area contributed by atoms with Crippen LogP contribution in [0.4, 0.5) is 4.39 Å². The number of methoxy groups -OCH3 is 1. The molecule has 1 amide bonds. The topological polar surface area (TPSA) is 98.5 Å². The number of aromatic hydroxyl groups is 1. The van der Waals surface area contributed by atoms with Gasteiger partial charge in [-0.2, -0.15) is 0 Å². The van der Waals surface area contributed by atoms with Crippen LogP contribution in [0.3, 0.4) is 0 Å². The number of phenols is 1. The number of hydrogen-bond acceptors (Lipinski definition) is 5. The van der Waals surface area contributed by atoms with Gasteiger partial charge < -0.3 is 29.6 Å². The summed E-state index contributed by atoms with van der Waals surface area (Å²) in [4.78, 5) is 20.7. The predicted octanol–water partition coefficient (Wildman–Crippen LogP) is 5.69. The molecule has 2 saturated carbocycles. The van der Waals surface area contributed by atoms with E-state index in [1.807, 2.05) is 46.8 Å². The molecule has 3 atom stereocenters. The molecule has 2 aromatic heterocycles. The number of carbonyl (C=O) groups excluding carboxylic acids is 1. The number of nitrogens with zero attached hydrogens (tertiary/aromatic N) is 4. The predicted molar refractivity (Wildman–Crippen MR) is 164 cm³/mol. The maximum Gasteiger partial charge on any atom is 0.254 e. The van der Waals surface area contributed by atoms with Crippen molar-refractivity contribution >= 4 is 27.8 Å². The van der Waals surface area contributed by atoms with Crippen LogP contribution >= 0.6 is 0 Å². The molecule has 3 fully saturated rings. The van der Waals surface area contributed by atoms with E-state index < -0.39 is 0 Å². The van der Waals surface area contributed by atoms with Crippen molar-refractivity contribution < 1.29 is 19.0 Å². The highest BCUT2D eigenvalue weighted by molar-refractivity contribution is 6.00. The summed E-state index contributed by atoms with van der Waals surface area (Å²) in [5.74, 6) is 1.94. The number of carbonyl (C=O) groups is 1. The Kier molecular flexibility index (Phi) is 5.85. The van der Waals surface area contributed by atoms with Crippen LogP contribution in [0.15, 0.2) is 54.6 Å². The van der Waals surface area contributed by atoms with E-state index in [0.29, 0.717) is 46.3 Å². The lowest BCUT2D eigenvalue weighted by Crippen LogP contribution is -2.41. The highest BCUT2D eigenvalue weighted by Gasteiger charge is 2.47. The van der Waals surface area contributed by atoms with Crippen LogP contribution < -0.4 is 10.5 Å². The molecule has 2 bridgehead atoms. The zero-order valence-corrected chi connectivity index (χ0v) is 24.3. The number of rotatable bonds is 6. The van der Waals surface area contributed by atoms with Gasteiger partial charge in [0.1, 0.15) is 22.8 Å². The number of imidazole rings is 1. The average Bonchev–Trinajstić information content (AvgIpc) is 3.41. The summed E-state index contributed by atoms with van der Waals surface area (Å²) in [6.45, 7) is 1.53. The first-order valence-corrected chi connectivity index (χ1v) is 15.0. The van der Waals surface area contributed by atoms with E-state index in [2.05, 4.69) is 10.6 Å². The molecule has 8 rings (SSSR count). The van der Waals surface area contributed by atoms with Gasteiger partial charge in [0.25, 0.3) is 5.91 Å². The molecule has 3 N–H and O–H groups in total. The highest BCUT2D eigenvalue weighted by atomic mass is 19.1. The van der Waals surface area contributed by atoms with Gasteiger partial charge in [-0.1, -0.05) is 12.1 Å². The summed E-state index contributed by atoms with van der Waals surface area (Å²) >= 11 is 0. The lowest BCUT2D eigenvalue weighted by atomic mass is 10.0. The number of benzene rings is 3. The molecule has 0 spiro atoms. The Hall–Kier alpha value is -4.37. The van der Waals surface area contributed by atoms with Crippen molar-refractivity contribution in [3.8, 4) is 34.1 Å². The number of aromatic nitrogens is 3. The molecule has 3 heterocycles. The first-order chi connectivity index (χ1) is 20.8. The van der Waals surface area contributed by atoms with Crippen molar-refractivity contribution in [3.05, 3.63) is 66.0 Å². The average molecular weight is 580 g/mol. The number of halogens is 1. The van der Waals surface area contributed by atoms with E-state index in [4.69, 9.17) is 15.5 Å². The highest BCUT2D eigenvalue weighted by Crippen LogP contribution is 2.41. The van der Waals surface area contributed by atoms with Crippen molar-refractivity contribution in [3.63, 3.8) is 0 Å². The minimum atomic E-state index is -0.380. The number of amides is 1. The molecular formula is C34H34FN5O3. The summed E-state index contributed by atoms with van der Waals surface area (Å²) in [7, 11) is 3.59. The Morgan fingerprint density at radius 2 is 1.93 bits per heavy atom. The number of phenolic OH excluding ortho intramolecular Hbond substituents is 1. The third-order valence-electron chi connectivity index (χ3n) is 9.85. The molecule has 43 heavy (non-hydrogen) atoms. The van der Waals surface area contributed by atoms with Crippen LogP contribution in [-0.4, -0.2) is 55.8 Å². The number of piperidine rings is 1. The Morgan fingerprint density at radius 1 is 1.09 bits per heavy atom. The molecule has 1 saturated heterocycles. The normalized spacial score (nSPS) is 21.4. The molecule has 2 aliphatic carbocycles. The largest absolute Gasteiger partial charge is 0.508 e. The second kappa shape index (κ2) is 9.57. The molecule has 3 aromatic carbocycles. The number of ether oxygens (including phenoxy) is 1. The monoisotopic (exact) mass is 579 g/mol. The van der Waals surface area contributed by atoms with Gasteiger partial charge in [-0.3, -0.25) is 4.79 Å². The second-order valence-corrected chi connectivity index (χ2v) is 12.5. The maximum atomic E-state index is 14.8. The fourth-order valence-corrected chi connectivity index (χ4v) is 7.36. The maximum absolute atomic E-state index is 14.8. The van der Waals surface area contributed by atoms with Crippen LogP contribution in [0.1, 0.15) is 36.0 Å². The lowest BCUT2D eigenvalue weighted by molar-refractivity contribution is 0.0700.